The molecule has 2 saturated heterocycles. The number of nitrogens with zero attached hydrogens (tertiary/aromatic N) is 5. The number of aromatic nitrogens is 2. The molecule has 122 valence electrons. The number of hydrogen-bond acceptors (Lipinski definition) is 5. The quantitative estimate of drug-likeness (QED) is 0.657. The third-order valence-electron chi connectivity index (χ3n) is 4.49. The summed E-state index contributed by atoms with van der Waals surface area (Å²) in [6, 6.07) is 0. The number of guanidine groups is 1. The van der Waals surface area contributed by atoms with Crippen LogP contribution in [0.3, 0.4) is 0 Å². The fourth-order valence-electron chi connectivity index (χ4n) is 3.41. The van der Waals surface area contributed by atoms with Gasteiger partial charge in [-0.1, -0.05) is 5.16 Å². The summed E-state index contributed by atoms with van der Waals surface area (Å²) in [5, 5.41) is 7.24. The van der Waals surface area contributed by atoms with Crippen LogP contribution in [0.4, 0.5) is 0 Å². The summed E-state index contributed by atoms with van der Waals surface area (Å²) in [5.74, 6) is 2.96. The molecular formula is C15H26N6O. The lowest BCUT2D eigenvalue weighted by atomic mass is 10.1. The van der Waals surface area contributed by atoms with Gasteiger partial charge in [0.15, 0.2) is 11.8 Å². The van der Waals surface area contributed by atoms with Crippen molar-refractivity contribution >= 4 is 5.96 Å². The number of hydrogen-bond donors (Lipinski definition) is 1. The van der Waals surface area contributed by atoms with Crippen LogP contribution in [0.2, 0.25) is 0 Å². The second kappa shape index (κ2) is 7.09. The molecule has 0 saturated carbocycles. The average molecular weight is 306 g/mol. The van der Waals surface area contributed by atoms with E-state index in [2.05, 4.69) is 30.2 Å². The summed E-state index contributed by atoms with van der Waals surface area (Å²) >= 11 is 0. The van der Waals surface area contributed by atoms with Crippen molar-refractivity contribution in [3.8, 4) is 0 Å². The van der Waals surface area contributed by atoms with E-state index >= 15 is 0 Å². The monoisotopic (exact) mass is 306 g/mol. The van der Waals surface area contributed by atoms with Gasteiger partial charge in [0.05, 0.1) is 6.54 Å². The van der Waals surface area contributed by atoms with Gasteiger partial charge in [-0.15, -0.1) is 0 Å². The third kappa shape index (κ3) is 3.76. The molecule has 1 atom stereocenters. The molecule has 3 heterocycles. The molecule has 1 unspecified atom stereocenters. The van der Waals surface area contributed by atoms with Gasteiger partial charge in [-0.3, -0.25) is 4.99 Å². The van der Waals surface area contributed by atoms with Gasteiger partial charge in [0, 0.05) is 33.6 Å². The molecule has 0 aromatic carbocycles. The molecule has 3 rings (SSSR count). The Morgan fingerprint density at radius 1 is 1.36 bits per heavy atom. The Morgan fingerprint density at radius 2 is 2.18 bits per heavy atom. The molecule has 1 aromatic heterocycles. The van der Waals surface area contributed by atoms with Crippen molar-refractivity contribution in [2.75, 3.05) is 39.8 Å². The first kappa shape index (κ1) is 15.3. The summed E-state index contributed by atoms with van der Waals surface area (Å²) in [7, 11) is 1.83. The van der Waals surface area contributed by atoms with E-state index in [-0.39, 0.29) is 0 Å². The van der Waals surface area contributed by atoms with E-state index in [9.17, 15) is 0 Å². The lowest BCUT2D eigenvalue weighted by Gasteiger charge is -2.23. The van der Waals surface area contributed by atoms with Crippen molar-refractivity contribution in [1.29, 1.82) is 0 Å². The predicted octanol–water partition coefficient (Wildman–Crippen LogP) is 0.871. The maximum atomic E-state index is 4.99. The van der Waals surface area contributed by atoms with Crippen molar-refractivity contribution in [3.63, 3.8) is 0 Å². The van der Waals surface area contributed by atoms with Crippen LogP contribution in [0.5, 0.6) is 0 Å². The molecule has 2 fully saturated rings. The number of aliphatic imine (C=N–C) groups is 1. The van der Waals surface area contributed by atoms with Gasteiger partial charge in [-0.05, 0) is 38.3 Å². The minimum absolute atomic E-state index is 0.553. The van der Waals surface area contributed by atoms with Gasteiger partial charge in [-0.25, -0.2) is 0 Å². The highest BCUT2D eigenvalue weighted by Gasteiger charge is 2.27. The van der Waals surface area contributed by atoms with E-state index in [1.54, 1.807) is 6.92 Å². The molecule has 0 radical (unpaired) electrons. The number of rotatable bonds is 4. The van der Waals surface area contributed by atoms with Gasteiger partial charge >= 0.3 is 0 Å². The van der Waals surface area contributed by atoms with Crippen molar-refractivity contribution in [3.05, 3.63) is 11.7 Å². The maximum absolute atomic E-state index is 4.99. The minimum atomic E-state index is 0.553. The number of nitrogens with one attached hydrogen (secondary N) is 1. The Bertz CT molecular complexity index is 508. The summed E-state index contributed by atoms with van der Waals surface area (Å²) < 4.78 is 4.99. The van der Waals surface area contributed by atoms with Crippen molar-refractivity contribution in [2.45, 2.75) is 32.7 Å². The maximum Gasteiger partial charge on any atom is 0.223 e. The molecule has 0 aliphatic carbocycles. The molecule has 1 aromatic rings. The van der Waals surface area contributed by atoms with E-state index in [1.165, 1.54) is 38.9 Å². The highest BCUT2D eigenvalue weighted by Crippen LogP contribution is 2.20. The predicted molar refractivity (Wildman–Crippen MR) is 84.6 cm³/mol. The van der Waals surface area contributed by atoms with Crippen molar-refractivity contribution < 1.29 is 4.52 Å². The lowest BCUT2D eigenvalue weighted by molar-refractivity contribution is 0.281. The second-order valence-electron chi connectivity index (χ2n) is 6.24. The van der Waals surface area contributed by atoms with Crippen LogP contribution in [0.15, 0.2) is 9.52 Å². The zero-order valence-electron chi connectivity index (χ0n) is 13.6. The Labute approximate surface area is 131 Å². The molecule has 1 N–H and O–H groups in total. The summed E-state index contributed by atoms with van der Waals surface area (Å²) in [4.78, 5) is 13.5. The van der Waals surface area contributed by atoms with Crippen LogP contribution >= 0.6 is 0 Å². The zero-order chi connectivity index (χ0) is 15.4. The normalized spacial score (nSPS) is 23.5. The Kier molecular flexibility index (Phi) is 4.92. The Morgan fingerprint density at radius 3 is 2.86 bits per heavy atom. The van der Waals surface area contributed by atoms with Gasteiger partial charge < -0.3 is 19.6 Å². The smallest absolute Gasteiger partial charge is 0.223 e. The van der Waals surface area contributed by atoms with Gasteiger partial charge in [-0.2, -0.15) is 4.98 Å². The van der Waals surface area contributed by atoms with Gasteiger partial charge in [0.25, 0.3) is 0 Å². The van der Waals surface area contributed by atoms with E-state index < -0.39 is 0 Å². The van der Waals surface area contributed by atoms with Crippen LogP contribution < -0.4 is 5.32 Å². The molecule has 0 amide bonds. The average Bonchev–Trinajstić information content (AvgIpc) is 3.24. The van der Waals surface area contributed by atoms with Crippen LogP contribution in [-0.2, 0) is 6.54 Å². The van der Waals surface area contributed by atoms with E-state index in [0.29, 0.717) is 18.3 Å². The first-order chi connectivity index (χ1) is 10.7. The fraction of sp³-hybridized carbons (Fsp3) is 0.800. The summed E-state index contributed by atoms with van der Waals surface area (Å²) in [6.07, 6.45) is 3.98. The largest absolute Gasteiger partial charge is 0.349 e. The standard InChI is InChI=1S/C15H26N6O/c1-12-18-14(19-22-12)9-17-15(16-2)21-8-5-13(11-21)10-20-6-3-4-7-20/h13H,3-11H2,1-2H3,(H,16,17). The van der Waals surface area contributed by atoms with Crippen molar-refractivity contribution in [2.24, 2.45) is 10.9 Å². The number of aryl methyl sites for hydroxylation is 1. The van der Waals surface area contributed by atoms with E-state index in [4.69, 9.17) is 4.52 Å². The minimum Gasteiger partial charge on any atom is -0.349 e. The zero-order valence-corrected chi connectivity index (χ0v) is 13.6. The first-order valence-corrected chi connectivity index (χ1v) is 8.21. The first-order valence-electron chi connectivity index (χ1n) is 8.21. The third-order valence-corrected chi connectivity index (χ3v) is 4.49. The topological polar surface area (TPSA) is 69.8 Å². The van der Waals surface area contributed by atoms with Crippen LogP contribution in [0.25, 0.3) is 0 Å². The second-order valence-corrected chi connectivity index (χ2v) is 6.24. The molecule has 7 heteroatoms. The molecule has 0 spiro atoms. The van der Waals surface area contributed by atoms with Crippen LogP contribution in [-0.4, -0.2) is 65.7 Å². The highest BCUT2D eigenvalue weighted by molar-refractivity contribution is 5.80. The highest BCUT2D eigenvalue weighted by atomic mass is 16.5. The molecule has 2 aliphatic rings. The molecule has 2 aliphatic heterocycles. The van der Waals surface area contributed by atoms with Gasteiger partial charge in [0.2, 0.25) is 5.89 Å². The summed E-state index contributed by atoms with van der Waals surface area (Å²) in [6.45, 7) is 8.30. The molecule has 7 nitrogen and oxygen atoms in total. The van der Waals surface area contributed by atoms with Crippen LogP contribution in [0, 0.1) is 12.8 Å². The Hall–Kier alpha value is -1.63. The lowest BCUT2D eigenvalue weighted by Crippen LogP contribution is -2.40. The van der Waals surface area contributed by atoms with Gasteiger partial charge in [0.1, 0.15) is 0 Å². The van der Waals surface area contributed by atoms with E-state index in [0.717, 1.165) is 25.0 Å². The molecule has 0 bridgehead atoms. The molecule has 22 heavy (non-hydrogen) atoms. The van der Waals surface area contributed by atoms with Crippen molar-refractivity contribution in [1.82, 2.24) is 25.3 Å². The molecular weight excluding hydrogens is 280 g/mol. The Balaban J connectivity index is 1.47. The number of likely N-dealkylation sites (tertiary alicyclic amines) is 2. The van der Waals surface area contributed by atoms with Crippen LogP contribution in [0.1, 0.15) is 31.0 Å². The van der Waals surface area contributed by atoms with E-state index in [1.807, 2.05) is 7.05 Å². The fourth-order valence-corrected chi connectivity index (χ4v) is 3.41. The summed E-state index contributed by atoms with van der Waals surface area (Å²) in [5.41, 5.74) is 0. The SMILES string of the molecule is CN=C(NCc1noc(C)n1)N1CCC(CN2CCCC2)C1.